The number of hydrogen-bond acceptors (Lipinski definition) is 6. The molecule has 25 heavy (non-hydrogen) atoms. The van der Waals surface area contributed by atoms with E-state index in [4.69, 9.17) is 4.42 Å². The van der Waals surface area contributed by atoms with Crippen molar-refractivity contribution in [1.29, 1.82) is 0 Å². The van der Waals surface area contributed by atoms with E-state index in [1.54, 1.807) is 24.4 Å². The molecular weight excluding hydrogens is 322 g/mol. The molecule has 0 saturated heterocycles. The molecule has 7 heteroatoms. The Bertz CT molecular complexity index is 993. The number of aromatic nitrogens is 1. The van der Waals surface area contributed by atoms with Gasteiger partial charge in [0.1, 0.15) is 11.3 Å². The molecule has 0 spiro atoms. The smallest absolute Gasteiger partial charge is 0.266 e. The van der Waals surface area contributed by atoms with Crippen molar-refractivity contribution in [3.8, 4) is 5.75 Å². The highest BCUT2D eigenvalue weighted by Crippen LogP contribution is 2.40. The molecule has 0 bridgehead atoms. The molecule has 0 amide bonds. The van der Waals surface area contributed by atoms with Crippen molar-refractivity contribution in [2.75, 3.05) is 0 Å². The molecule has 0 atom stereocenters. The summed E-state index contributed by atoms with van der Waals surface area (Å²) >= 11 is 0. The Morgan fingerprint density at radius 2 is 2.12 bits per heavy atom. The van der Waals surface area contributed by atoms with Gasteiger partial charge in [-0.25, -0.2) is 9.98 Å². The van der Waals surface area contributed by atoms with Crippen molar-refractivity contribution in [3.63, 3.8) is 0 Å². The Labute approximate surface area is 142 Å². The number of pyridine rings is 1. The Morgan fingerprint density at radius 3 is 2.88 bits per heavy atom. The zero-order valence-corrected chi connectivity index (χ0v) is 13.3. The zero-order chi connectivity index (χ0) is 17.4. The second-order valence-electron chi connectivity index (χ2n) is 5.93. The van der Waals surface area contributed by atoms with Crippen molar-refractivity contribution < 1.29 is 14.4 Å². The van der Waals surface area contributed by atoms with Gasteiger partial charge in [-0.15, -0.1) is 0 Å². The summed E-state index contributed by atoms with van der Waals surface area (Å²) in [5.41, 5.74) is 1.04. The van der Waals surface area contributed by atoms with Crippen LogP contribution in [0.2, 0.25) is 0 Å². The molecule has 0 fully saturated rings. The van der Waals surface area contributed by atoms with Crippen LogP contribution in [0.25, 0.3) is 11.0 Å². The lowest BCUT2D eigenvalue weighted by molar-refractivity contribution is -0.398. The third-order valence-corrected chi connectivity index (χ3v) is 4.38. The number of benzene rings is 1. The van der Waals surface area contributed by atoms with E-state index in [0.29, 0.717) is 16.8 Å². The molecule has 2 heterocycles. The van der Waals surface area contributed by atoms with E-state index in [1.807, 2.05) is 0 Å². The summed E-state index contributed by atoms with van der Waals surface area (Å²) in [6.45, 7) is 0. The summed E-state index contributed by atoms with van der Waals surface area (Å²) in [7, 11) is 0. The van der Waals surface area contributed by atoms with Crippen LogP contribution in [0.15, 0.2) is 39.9 Å². The largest absolute Gasteiger partial charge is 0.867 e. The van der Waals surface area contributed by atoms with Gasteiger partial charge in [0.05, 0.1) is 11.0 Å². The third-order valence-electron chi connectivity index (χ3n) is 4.38. The van der Waals surface area contributed by atoms with E-state index < -0.39 is 16.4 Å². The van der Waals surface area contributed by atoms with Gasteiger partial charge >= 0.3 is 0 Å². The van der Waals surface area contributed by atoms with Gasteiger partial charge in [-0.05, 0) is 37.1 Å². The highest BCUT2D eigenvalue weighted by molar-refractivity contribution is 6.05. The molecule has 0 aliphatic heterocycles. The zero-order valence-electron chi connectivity index (χ0n) is 13.3. The number of furan rings is 1. The van der Waals surface area contributed by atoms with Crippen molar-refractivity contribution in [1.82, 2.24) is 4.98 Å². The van der Waals surface area contributed by atoms with Gasteiger partial charge in [-0.3, -0.25) is 10.1 Å². The molecule has 1 aliphatic carbocycles. The van der Waals surface area contributed by atoms with Crippen LogP contribution in [-0.4, -0.2) is 16.1 Å². The summed E-state index contributed by atoms with van der Waals surface area (Å²) in [6.07, 6.45) is 6.55. The van der Waals surface area contributed by atoms with Crippen LogP contribution in [0.1, 0.15) is 29.7 Å². The Hall–Kier alpha value is -3.22. The van der Waals surface area contributed by atoms with Crippen molar-refractivity contribution in [2.45, 2.75) is 25.7 Å². The van der Waals surface area contributed by atoms with Crippen LogP contribution in [0.3, 0.4) is 0 Å². The number of fused-ring (bicyclic) bond motifs is 3. The van der Waals surface area contributed by atoms with Crippen molar-refractivity contribution in [2.24, 2.45) is 4.99 Å². The van der Waals surface area contributed by atoms with Gasteiger partial charge in [-0.1, -0.05) is 6.07 Å². The fourth-order valence-electron chi connectivity index (χ4n) is 3.24. The second kappa shape index (κ2) is 6.01. The van der Waals surface area contributed by atoms with Gasteiger partial charge < -0.3 is 9.52 Å². The number of nitro groups is 1. The third kappa shape index (κ3) is 2.63. The first-order valence-corrected chi connectivity index (χ1v) is 8.03. The molecule has 0 saturated carbocycles. The summed E-state index contributed by atoms with van der Waals surface area (Å²) in [4.78, 5) is 18.9. The summed E-state index contributed by atoms with van der Waals surface area (Å²) < 4.78 is 5.81. The molecule has 0 radical (unpaired) electrons. The Kier molecular flexibility index (Phi) is 3.68. The van der Waals surface area contributed by atoms with Crippen molar-refractivity contribution >= 4 is 28.7 Å². The first kappa shape index (κ1) is 15.3. The molecule has 126 valence electrons. The lowest BCUT2D eigenvalue weighted by Crippen LogP contribution is -2.04. The lowest BCUT2D eigenvalue weighted by Gasteiger charge is -2.14. The van der Waals surface area contributed by atoms with E-state index in [0.717, 1.165) is 37.0 Å². The molecule has 0 unspecified atom stereocenters. The monoisotopic (exact) mass is 336 g/mol. The molecular formula is C18H14N3O4-. The average molecular weight is 336 g/mol. The Balaban J connectivity index is 1.96. The van der Waals surface area contributed by atoms with Crippen molar-refractivity contribution in [3.05, 3.63) is 57.5 Å². The van der Waals surface area contributed by atoms with Crippen LogP contribution in [-0.2, 0) is 12.8 Å². The van der Waals surface area contributed by atoms with Crippen LogP contribution in [0, 0.1) is 10.1 Å². The molecule has 7 nitrogen and oxygen atoms in total. The maximum absolute atomic E-state index is 12.6. The SMILES string of the molecule is O=[N+]([O-])c1cc2oc3c(c2c(C=Nc2ccccn2)c1[O-])CCCC3. The number of nitrogens with zero attached hydrogens (tertiary/aromatic N) is 3. The quantitative estimate of drug-likeness (QED) is 0.414. The minimum absolute atomic E-state index is 0.196. The summed E-state index contributed by atoms with van der Waals surface area (Å²) in [6, 6.07) is 6.46. The molecule has 0 N–H and O–H groups in total. The first-order chi connectivity index (χ1) is 12.1. The van der Waals surface area contributed by atoms with E-state index in [-0.39, 0.29) is 5.56 Å². The molecule has 1 aromatic carbocycles. The lowest BCUT2D eigenvalue weighted by atomic mass is 9.93. The standard InChI is InChI=1S/C18H15N3O4/c22-18-12(10-20-16-7-3-4-8-19-16)17-11-5-1-2-6-14(11)25-15(17)9-13(18)21(23)24/h3-4,7-10,22H,1-2,5-6H2/p-1. The maximum atomic E-state index is 12.6. The fraction of sp³-hybridized carbons (Fsp3) is 0.222. The second-order valence-corrected chi connectivity index (χ2v) is 5.93. The first-order valence-electron chi connectivity index (χ1n) is 8.03. The van der Waals surface area contributed by atoms with Crippen LogP contribution in [0.4, 0.5) is 11.5 Å². The normalized spacial score (nSPS) is 14.1. The van der Waals surface area contributed by atoms with Gasteiger partial charge in [0.25, 0.3) is 5.69 Å². The Morgan fingerprint density at radius 1 is 1.28 bits per heavy atom. The number of rotatable bonds is 3. The summed E-state index contributed by atoms with van der Waals surface area (Å²) in [5, 5.41) is 24.5. The van der Waals surface area contributed by atoms with Gasteiger partial charge in [0, 0.05) is 35.3 Å². The van der Waals surface area contributed by atoms with Gasteiger partial charge in [0.15, 0.2) is 5.82 Å². The maximum Gasteiger partial charge on any atom is 0.266 e. The summed E-state index contributed by atoms with van der Waals surface area (Å²) in [5.74, 6) is 0.596. The van der Waals surface area contributed by atoms with Crippen LogP contribution >= 0.6 is 0 Å². The van der Waals surface area contributed by atoms with E-state index in [2.05, 4.69) is 9.98 Å². The molecule has 1 aliphatic rings. The minimum Gasteiger partial charge on any atom is -0.867 e. The van der Waals surface area contributed by atoms with Gasteiger partial charge in [0.2, 0.25) is 0 Å². The molecule has 3 aromatic rings. The highest BCUT2D eigenvalue weighted by Gasteiger charge is 2.23. The van der Waals surface area contributed by atoms with Crippen LogP contribution < -0.4 is 5.11 Å². The predicted octanol–water partition coefficient (Wildman–Crippen LogP) is 3.44. The number of nitro benzene ring substituents is 1. The number of aryl methyl sites for hydroxylation is 2. The number of aliphatic imine (C=N–C) groups is 1. The van der Waals surface area contributed by atoms with E-state index in [9.17, 15) is 15.2 Å². The van der Waals surface area contributed by atoms with E-state index >= 15 is 0 Å². The minimum atomic E-state index is -0.679. The van der Waals surface area contributed by atoms with Crippen LogP contribution in [0.5, 0.6) is 5.75 Å². The molecule has 2 aromatic heterocycles. The highest BCUT2D eigenvalue weighted by atomic mass is 16.6. The fourth-order valence-corrected chi connectivity index (χ4v) is 3.24. The molecule has 4 rings (SSSR count). The average Bonchev–Trinajstić information content (AvgIpc) is 2.99. The van der Waals surface area contributed by atoms with E-state index in [1.165, 1.54) is 12.3 Å². The number of hydrogen-bond donors (Lipinski definition) is 0. The van der Waals surface area contributed by atoms with Gasteiger partial charge in [-0.2, -0.15) is 0 Å². The topological polar surface area (TPSA) is 105 Å². The predicted molar refractivity (Wildman–Crippen MR) is 90.4 cm³/mol.